The van der Waals surface area contributed by atoms with Crippen LogP contribution in [-0.2, 0) is 10.3 Å². The molecule has 0 unspecified atom stereocenters. The molecule has 4 heteroatoms. The first-order valence-corrected chi connectivity index (χ1v) is 5.10. The minimum absolute atomic E-state index is 0.00992. The van der Waals surface area contributed by atoms with Crippen LogP contribution >= 0.6 is 11.6 Å². The summed E-state index contributed by atoms with van der Waals surface area (Å²) in [5.74, 6) is -0.181. The van der Waals surface area contributed by atoms with Gasteiger partial charge in [-0.3, -0.25) is 4.79 Å². The summed E-state index contributed by atoms with van der Waals surface area (Å²) in [5, 5.41) is 3.48. The first-order valence-electron chi connectivity index (χ1n) is 4.73. The van der Waals surface area contributed by atoms with Gasteiger partial charge in [-0.2, -0.15) is 0 Å². The minimum Gasteiger partial charge on any atom is -0.346 e. The molecule has 0 spiro atoms. The van der Waals surface area contributed by atoms with Crippen molar-refractivity contribution in [3.05, 3.63) is 34.9 Å². The van der Waals surface area contributed by atoms with Crippen LogP contribution in [0, 0.1) is 0 Å². The van der Waals surface area contributed by atoms with E-state index in [0.717, 1.165) is 5.56 Å². The highest BCUT2D eigenvalue weighted by Gasteiger charge is 2.22. The smallest absolute Gasteiger partial charge is 0.234 e. The van der Waals surface area contributed by atoms with Crippen LogP contribution in [-0.4, -0.2) is 12.5 Å². The van der Waals surface area contributed by atoms with Crippen LogP contribution in [0.15, 0.2) is 24.3 Å². The fourth-order valence-electron chi connectivity index (χ4n) is 1.35. The Bertz CT molecular complexity index is 363. The van der Waals surface area contributed by atoms with Crippen molar-refractivity contribution < 1.29 is 4.79 Å². The molecule has 0 bridgehead atoms. The number of nitrogens with two attached hydrogens (primary N) is 1. The van der Waals surface area contributed by atoms with Crippen molar-refractivity contribution in [2.75, 3.05) is 6.54 Å². The molecule has 0 fully saturated rings. The number of rotatable bonds is 3. The number of hydrogen-bond acceptors (Lipinski definition) is 2. The van der Waals surface area contributed by atoms with Crippen LogP contribution in [0.4, 0.5) is 0 Å². The van der Waals surface area contributed by atoms with E-state index in [9.17, 15) is 4.79 Å². The van der Waals surface area contributed by atoms with Crippen molar-refractivity contribution in [3.8, 4) is 0 Å². The Morgan fingerprint density at radius 1 is 1.53 bits per heavy atom. The number of halogens is 1. The Labute approximate surface area is 94.6 Å². The third-order valence-electron chi connectivity index (χ3n) is 2.18. The summed E-state index contributed by atoms with van der Waals surface area (Å²) in [5.41, 5.74) is 5.75. The maximum Gasteiger partial charge on any atom is 0.234 e. The monoisotopic (exact) mass is 226 g/mol. The average molecular weight is 227 g/mol. The lowest BCUT2D eigenvalue weighted by atomic mass is 9.94. The summed E-state index contributed by atoms with van der Waals surface area (Å²) in [6, 6.07) is 7.40. The van der Waals surface area contributed by atoms with Gasteiger partial charge in [0.05, 0.1) is 12.1 Å². The molecule has 0 aliphatic carbocycles. The van der Waals surface area contributed by atoms with E-state index in [2.05, 4.69) is 5.32 Å². The van der Waals surface area contributed by atoms with Crippen molar-refractivity contribution in [1.82, 2.24) is 5.32 Å². The van der Waals surface area contributed by atoms with Gasteiger partial charge < -0.3 is 11.1 Å². The molecule has 1 rings (SSSR count). The Morgan fingerprint density at radius 3 is 2.73 bits per heavy atom. The van der Waals surface area contributed by atoms with Gasteiger partial charge in [-0.15, -0.1) is 0 Å². The first kappa shape index (κ1) is 12.0. The van der Waals surface area contributed by atoms with E-state index in [-0.39, 0.29) is 12.5 Å². The van der Waals surface area contributed by atoms with E-state index in [1.807, 2.05) is 32.0 Å². The van der Waals surface area contributed by atoms with Crippen LogP contribution < -0.4 is 11.1 Å². The van der Waals surface area contributed by atoms with E-state index >= 15 is 0 Å². The van der Waals surface area contributed by atoms with Crippen molar-refractivity contribution in [2.24, 2.45) is 5.73 Å². The second kappa shape index (κ2) is 4.64. The normalized spacial score (nSPS) is 11.2. The van der Waals surface area contributed by atoms with Crippen LogP contribution in [0.1, 0.15) is 19.4 Å². The van der Waals surface area contributed by atoms with Crippen molar-refractivity contribution >= 4 is 17.5 Å². The minimum atomic E-state index is -0.457. The molecule has 82 valence electrons. The molecular weight excluding hydrogens is 212 g/mol. The number of hydrogen-bond donors (Lipinski definition) is 2. The third-order valence-corrected chi connectivity index (χ3v) is 2.42. The molecule has 0 heterocycles. The molecule has 1 aromatic carbocycles. The lowest BCUT2D eigenvalue weighted by Gasteiger charge is -2.26. The lowest BCUT2D eigenvalue weighted by molar-refractivity contribution is -0.121. The SMILES string of the molecule is CC(C)(NC(=O)CN)c1cccc(Cl)c1. The summed E-state index contributed by atoms with van der Waals surface area (Å²) in [6.45, 7) is 3.81. The first-order chi connectivity index (χ1) is 6.95. The highest BCUT2D eigenvalue weighted by atomic mass is 35.5. The predicted molar refractivity (Wildman–Crippen MR) is 61.7 cm³/mol. The number of benzene rings is 1. The molecule has 0 aromatic heterocycles. The van der Waals surface area contributed by atoms with Gasteiger partial charge in [-0.1, -0.05) is 23.7 Å². The number of amides is 1. The van der Waals surface area contributed by atoms with Crippen molar-refractivity contribution in [1.29, 1.82) is 0 Å². The van der Waals surface area contributed by atoms with Gasteiger partial charge >= 0.3 is 0 Å². The van der Waals surface area contributed by atoms with Crippen LogP contribution in [0.2, 0.25) is 5.02 Å². The number of carbonyl (C=O) groups excluding carboxylic acids is 1. The van der Waals surface area contributed by atoms with Crippen LogP contribution in [0.5, 0.6) is 0 Å². The van der Waals surface area contributed by atoms with Crippen molar-refractivity contribution in [2.45, 2.75) is 19.4 Å². The van der Waals surface area contributed by atoms with E-state index in [4.69, 9.17) is 17.3 Å². The maximum absolute atomic E-state index is 11.2. The van der Waals surface area contributed by atoms with E-state index in [1.54, 1.807) is 6.07 Å². The fraction of sp³-hybridized carbons (Fsp3) is 0.364. The van der Waals surface area contributed by atoms with Gasteiger partial charge in [-0.25, -0.2) is 0 Å². The van der Waals surface area contributed by atoms with Gasteiger partial charge in [-0.05, 0) is 31.5 Å². The largest absolute Gasteiger partial charge is 0.346 e. The molecule has 0 saturated carbocycles. The summed E-state index contributed by atoms with van der Waals surface area (Å²) >= 11 is 5.88. The Morgan fingerprint density at radius 2 is 2.20 bits per heavy atom. The predicted octanol–water partition coefficient (Wildman–Crippen LogP) is 1.65. The quantitative estimate of drug-likeness (QED) is 0.824. The zero-order valence-electron chi connectivity index (χ0n) is 8.88. The summed E-state index contributed by atoms with van der Waals surface area (Å²) in [6.07, 6.45) is 0. The zero-order chi connectivity index (χ0) is 11.5. The second-order valence-corrected chi connectivity index (χ2v) is 4.32. The summed E-state index contributed by atoms with van der Waals surface area (Å²) < 4.78 is 0. The maximum atomic E-state index is 11.2. The molecule has 3 N–H and O–H groups in total. The molecule has 1 aromatic rings. The molecule has 15 heavy (non-hydrogen) atoms. The van der Waals surface area contributed by atoms with E-state index in [0.29, 0.717) is 5.02 Å². The Balaban J connectivity index is 2.90. The van der Waals surface area contributed by atoms with E-state index < -0.39 is 5.54 Å². The van der Waals surface area contributed by atoms with Gasteiger partial charge in [0.25, 0.3) is 0 Å². The van der Waals surface area contributed by atoms with Crippen molar-refractivity contribution in [3.63, 3.8) is 0 Å². The summed E-state index contributed by atoms with van der Waals surface area (Å²) in [4.78, 5) is 11.2. The van der Waals surface area contributed by atoms with Crippen LogP contribution in [0.25, 0.3) is 0 Å². The van der Waals surface area contributed by atoms with Gasteiger partial charge in [0, 0.05) is 5.02 Å². The average Bonchev–Trinajstić information content (AvgIpc) is 2.17. The Kier molecular flexibility index (Phi) is 3.72. The topological polar surface area (TPSA) is 55.1 Å². The standard InChI is InChI=1S/C11H15ClN2O/c1-11(2,14-10(15)7-13)8-4-3-5-9(12)6-8/h3-6H,7,13H2,1-2H3,(H,14,15). The van der Waals surface area contributed by atoms with E-state index in [1.165, 1.54) is 0 Å². The molecule has 0 atom stereocenters. The third kappa shape index (κ3) is 3.22. The fourth-order valence-corrected chi connectivity index (χ4v) is 1.54. The Hall–Kier alpha value is -1.06. The highest BCUT2D eigenvalue weighted by Crippen LogP contribution is 2.22. The van der Waals surface area contributed by atoms with Gasteiger partial charge in [0.15, 0.2) is 0 Å². The molecule has 0 saturated heterocycles. The van der Waals surface area contributed by atoms with Gasteiger partial charge in [0.1, 0.15) is 0 Å². The molecular formula is C11H15ClN2O. The molecule has 0 aliphatic rings. The van der Waals surface area contributed by atoms with Crippen LogP contribution in [0.3, 0.4) is 0 Å². The second-order valence-electron chi connectivity index (χ2n) is 3.89. The molecule has 1 amide bonds. The molecule has 0 aliphatic heterocycles. The number of nitrogens with one attached hydrogen (secondary N) is 1. The molecule has 3 nitrogen and oxygen atoms in total. The van der Waals surface area contributed by atoms with Gasteiger partial charge in [0.2, 0.25) is 5.91 Å². The molecule has 0 radical (unpaired) electrons. The summed E-state index contributed by atoms with van der Waals surface area (Å²) in [7, 11) is 0. The lowest BCUT2D eigenvalue weighted by Crippen LogP contribution is -2.43. The number of carbonyl (C=O) groups is 1. The zero-order valence-corrected chi connectivity index (χ0v) is 9.64. The highest BCUT2D eigenvalue weighted by molar-refractivity contribution is 6.30.